The molecule has 1 aromatic carbocycles. The number of aromatic carboxylic acids is 1. The van der Waals surface area contributed by atoms with Crippen molar-refractivity contribution in [2.75, 3.05) is 0 Å². The summed E-state index contributed by atoms with van der Waals surface area (Å²) in [5.41, 5.74) is 4.44. The van der Waals surface area contributed by atoms with Crippen molar-refractivity contribution in [3.8, 4) is 0 Å². The SMILES string of the molecule is N=Nc1cccc(N=Nc2ccc(C(=O)O)c(C(F)(F)F)c2)n1. The zero-order valence-electron chi connectivity index (χ0n) is 11.2. The Morgan fingerprint density at radius 3 is 2.43 bits per heavy atom. The first kappa shape index (κ1) is 16.2. The van der Waals surface area contributed by atoms with Gasteiger partial charge in [-0.05, 0) is 30.3 Å². The van der Waals surface area contributed by atoms with Crippen LogP contribution < -0.4 is 0 Å². The molecule has 0 aliphatic rings. The maximum Gasteiger partial charge on any atom is 0.417 e. The van der Waals surface area contributed by atoms with Gasteiger partial charge in [-0.1, -0.05) is 6.07 Å². The van der Waals surface area contributed by atoms with E-state index in [1.165, 1.54) is 18.2 Å². The molecule has 0 saturated carbocycles. The molecule has 23 heavy (non-hydrogen) atoms. The monoisotopic (exact) mass is 323 g/mol. The molecule has 0 amide bonds. The third-order valence-corrected chi connectivity index (χ3v) is 2.64. The maximum absolute atomic E-state index is 12.9. The van der Waals surface area contributed by atoms with Gasteiger partial charge in [-0.2, -0.15) is 13.2 Å². The highest BCUT2D eigenvalue weighted by Crippen LogP contribution is 2.34. The second-order valence-electron chi connectivity index (χ2n) is 4.20. The van der Waals surface area contributed by atoms with Gasteiger partial charge in [-0.3, -0.25) is 0 Å². The van der Waals surface area contributed by atoms with Crippen molar-refractivity contribution in [3.63, 3.8) is 0 Å². The van der Waals surface area contributed by atoms with Crippen LogP contribution in [0.2, 0.25) is 0 Å². The Bertz CT molecular complexity index is 789. The lowest BCUT2D eigenvalue weighted by atomic mass is 10.1. The van der Waals surface area contributed by atoms with Gasteiger partial charge in [0.15, 0.2) is 11.6 Å². The number of halogens is 3. The van der Waals surface area contributed by atoms with E-state index in [2.05, 4.69) is 20.3 Å². The molecule has 0 aliphatic heterocycles. The number of hydrogen-bond donors (Lipinski definition) is 2. The summed E-state index contributed by atoms with van der Waals surface area (Å²) < 4.78 is 38.6. The standard InChI is InChI=1S/C13H8F3N5O2/c14-13(15,16)9-6-7(4-5-8(9)12(22)23)20-21-11-3-1-2-10(18-11)19-17/h1-6,17H,(H,22,23). The zero-order chi connectivity index (χ0) is 17.0. The van der Waals surface area contributed by atoms with Crippen molar-refractivity contribution < 1.29 is 23.1 Å². The molecule has 0 unspecified atom stereocenters. The lowest BCUT2D eigenvalue weighted by molar-refractivity contribution is -0.138. The number of pyridine rings is 1. The summed E-state index contributed by atoms with van der Waals surface area (Å²) in [6.07, 6.45) is -4.83. The fraction of sp³-hybridized carbons (Fsp3) is 0.0769. The van der Waals surface area contributed by atoms with Gasteiger partial charge in [-0.25, -0.2) is 15.3 Å². The first-order valence-electron chi connectivity index (χ1n) is 6.02. The Balaban J connectivity index is 2.38. The molecule has 2 N–H and O–H groups in total. The molecule has 10 heteroatoms. The van der Waals surface area contributed by atoms with Crippen LogP contribution in [0.3, 0.4) is 0 Å². The van der Waals surface area contributed by atoms with Crippen LogP contribution in [0, 0.1) is 5.53 Å². The summed E-state index contributed by atoms with van der Waals surface area (Å²) in [5.74, 6) is -1.57. The quantitative estimate of drug-likeness (QED) is 0.782. The largest absolute Gasteiger partial charge is 0.478 e. The van der Waals surface area contributed by atoms with Crippen LogP contribution >= 0.6 is 0 Å². The average molecular weight is 323 g/mol. The summed E-state index contributed by atoms with van der Waals surface area (Å²) in [4.78, 5) is 14.6. The molecule has 0 radical (unpaired) electrons. The van der Waals surface area contributed by atoms with Gasteiger partial charge in [0.05, 0.1) is 16.8 Å². The van der Waals surface area contributed by atoms with Crippen LogP contribution in [0.25, 0.3) is 0 Å². The number of benzene rings is 1. The van der Waals surface area contributed by atoms with E-state index >= 15 is 0 Å². The number of nitrogens with zero attached hydrogens (tertiary/aromatic N) is 4. The first-order valence-corrected chi connectivity index (χ1v) is 6.02. The van der Waals surface area contributed by atoms with Crippen molar-refractivity contribution in [1.82, 2.24) is 4.98 Å². The average Bonchev–Trinajstić information content (AvgIpc) is 2.52. The molecule has 7 nitrogen and oxygen atoms in total. The number of azo groups is 1. The van der Waals surface area contributed by atoms with Crippen LogP contribution in [-0.4, -0.2) is 16.1 Å². The highest BCUT2D eigenvalue weighted by atomic mass is 19.4. The van der Waals surface area contributed by atoms with Gasteiger partial charge in [0.1, 0.15) is 0 Å². The van der Waals surface area contributed by atoms with Crippen molar-refractivity contribution in [2.24, 2.45) is 15.3 Å². The van der Waals surface area contributed by atoms with E-state index < -0.39 is 23.3 Å². The number of carbonyl (C=O) groups is 1. The maximum atomic E-state index is 12.9. The number of hydrogen-bond acceptors (Lipinski definition) is 6. The number of rotatable bonds is 4. The van der Waals surface area contributed by atoms with Crippen LogP contribution in [0.15, 0.2) is 51.7 Å². The Morgan fingerprint density at radius 1 is 1.13 bits per heavy atom. The summed E-state index contributed by atoms with van der Waals surface area (Å²) in [5, 5.41) is 19.1. The van der Waals surface area contributed by atoms with Crippen LogP contribution in [0.1, 0.15) is 15.9 Å². The molecule has 2 aromatic rings. The van der Waals surface area contributed by atoms with Gasteiger partial charge in [-0.15, -0.1) is 15.3 Å². The molecule has 0 atom stereocenters. The summed E-state index contributed by atoms with van der Waals surface area (Å²) in [6, 6.07) is 6.86. The topological polar surface area (TPSA) is 111 Å². The molecule has 1 heterocycles. The summed E-state index contributed by atoms with van der Waals surface area (Å²) in [7, 11) is 0. The lowest BCUT2D eigenvalue weighted by Crippen LogP contribution is -2.12. The molecule has 1 aromatic heterocycles. The molecule has 0 spiro atoms. The summed E-state index contributed by atoms with van der Waals surface area (Å²) in [6.45, 7) is 0. The van der Waals surface area contributed by atoms with E-state index in [0.717, 1.165) is 12.1 Å². The van der Waals surface area contributed by atoms with E-state index in [-0.39, 0.29) is 17.3 Å². The van der Waals surface area contributed by atoms with Crippen LogP contribution in [0.5, 0.6) is 0 Å². The second kappa shape index (κ2) is 6.30. The van der Waals surface area contributed by atoms with Gasteiger partial charge < -0.3 is 5.11 Å². The third-order valence-electron chi connectivity index (χ3n) is 2.64. The minimum atomic E-state index is -4.83. The van der Waals surface area contributed by atoms with Crippen molar-refractivity contribution >= 4 is 23.3 Å². The fourth-order valence-corrected chi connectivity index (χ4v) is 1.65. The van der Waals surface area contributed by atoms with E-state index in [9.17, 15) is 18.0 Å². The van der Waals surface area contributed by atoms with E-state index in [1.807, 2.05) is 0 Å². The molecule has 0 aliphatic carbocycles. The molecule has 0 fully saturated rings. The molecule has 118 valence electrons. The molecular weight excluding hydrogens is 315 g/mol. The number of carboxylic acids is 1. The van der Waals surface area contributed by atoms with Gasteiger partial charge in [0, 0.05) is 0 Å². The van der Waals surface area contributed by atoms with Crippen molar-refractivity contribution in [1.29, 1.82) is 5.53 Å². The fourth-order valence-electron chi connectivity index (χ4n) is 1.65. The van der Waals surface area contributed by atoms with E-state index in [4.69, 9.17) is 10.6 Å². The van der Waals surface area contributed by atoms with Gasteiger partial charge >= 0.3 is 12.1 Å². The summed E-state index contributed by atoms with van der Waals surface area (Å²) >= 11 is 0. The van der Waals surface area contributed by atoms with Crippen LogP contribution in [-0.2, 0) is 6.18 Å². The van der Waals surface area contributed by atoms with E-state index in [0.29, 0.717) is 6.07 Å². The number of aromatic nitrogens is 1. The Labute approximate surface area is 127 Å². The van der Waals surface area contributed by atoms with Crippen molar-refractivity contribution in [3.05, 3.63) is 47.5 Å². The van der Waals surface area contributed by atoms with Gasteiger partial charge in [0.2, 0.25) is 0 Å². The normalized spacial score (nSPS) is 11.6. The third kappa shape index (κ3) is 3.93. The first-order chi connectivity index (χ1) is 10.8. The Morgan fingerprint density at radius 2 is 1.83 bits per heavy atom. The Hall–Kier alpha value is -3.17. The van der Waals surface area contributed by atoms with E-state index in [1.54, 1.807) is 0 Å². The van der Waals surface area contributed by atoms with Crippen molar-refractivity contribution in [2.45, 2.75) is 6.18 Å². The lowest BCUT2D eigenvalue weighted by Gasteiger charge is -2.10. The number of nitrogens with one attached hydrogen (secondary N) is 1. The molecule has 0 bridgehead atoms. The number of alkyl halides is 3. The predicted molar refractivity (Wildman–Crippen MR) is 71.6 cm³/mol. The second-order valence-corrected chi connectivity index (χ2v) is 4.20. The molecule has 2 rings (SSSR count). The predicted octanol–water partition coefficient (Wildman–Crippen LogP) is 4.88. The molecular formula is C13H8F3N5O2. The zero-order valence-corrected chi connectivity index (χ0v) is 11.2. The van der Waals surface area contributed by atoms with Crippen LogP contribution in [0.4, 0.5) is 30.5 Å². The smallest absolute Gasteiger partial charge is 0.417 e. The molecule has 0 saturated heterocycles. The highest BCUT2D eigenvalue weighted by Gasteiger charge is 2.35. The minimum Gasteiger partial charge on any atom is -0.478 e. The minimum absolute atomic E-state index is 0.0503. The van der Waals surface area contributed by atoms with Gasteiger partial charge in [0.25, 0.3) is 0 Å². The Kier molecular flexibility index (Phi) is 4.44. The highest BCUT2D eigenvalue weighted by molar-refractivity contribution is 5.90. The number of carboxylic acid groups (broad SMARTS) is 1.